The van der Waals surface area contributed by atoms with Gasteiger partial charge in [-0.25, -0.2) is 4.79 Å². The Hall–Kier alpha value is -2.40. The number of hydrogen-bond acceptors (Lipinski definition) is 5. The summed E-state index contributed by atoms with van der Waals surface area (Å²) < 4.78 is 10.9. The van der Waals surface area contributed by atoms with Crippen molar-refractivity contribution in [2.45, 2.75) is 50.4 Å². The Labute approximate surface area is 164 Å². The van der Waals surface area contributed by atoms with E-state index in [9.17, 15) is 14.7 Å². The maximum atomic E-state index is 13.0. The van der Waals surface area contributed by atoms with Gasteiger partial charge < -0.3 is 14.3 Å². The maximum absolute atomic E-state index is 13.0. The molecule has 4 rings (SSSR count). The number of methoxy groups -OCH3 is 1. The fourth-order valence-electron chi connectivity index (χ4n) is 4.45. The minimum absolute atomic E-state index is 0.0925. The SMILES string of the molecule is COCCC1CCCC(=O)c2c1oc(=O)c(C(c1ccccc1)C1CC1)c2O. The van der Waals surface area contributed by atoms with Crippen LogP contribution in [0.25, 0.3) is 0 Å². The van der Waals surface area contributed by atoms with Crippen molar-refractivity contribution in [1.29, 1.82) is 0 Å². The summed E-state index contributed by atoms with van der Waals surface area (Å²) in [6.07, 6.45) is 4.47. The van der Waals surface area contributed by atoms with Gasteiger partial charge in [-0.15, -0.1) is 0 Å². The summed E-state index contributed by atoms with van der Waals surface area (Å²) in [7, 11) is 1.62. The van der Waals surface area contributed by atoms with E-state index in [0.29, 0.717) is 37.5 Å². The summed E-state index contributed by atoms with van der Waals surface area (Å²) in [5, 5.41) is 11.2. The summed E-state index contributed by atoms with van der Waals surface area (Å²) in [6, 6.07) is 9.72. The van der Waals surface area contributed by atoms with E-state index in [1.807, 2.05) is 30.3 Å². The Morgan fingerprint density at radius 1 is 1.18 bits per heavy atom. The lowest BCUT2D eigenvalue weighted by molar-refractivity contribution is 0.0976. The first-order valence-corrected chi connectivity index (χ1v) is 10.1. The van der Waals surface area contributed by atoms with Crippen molar-refractivity contribution in [3.8, 4) is 5.75 Å². The van der Waals surface area contributed by atoms with Gasteiger partial charge in [0.05, 0.1) is 11.1 Å². The average Bonchev–Trinajstić information content (AvgIpc) is 3.53. The van der Waals surface area contributed by atoms with Crippen LogP contribution in [-0.4, -0.2) is 24.6 Å². The molecule has 148 valence electrons. The normalized spacial score (nSPS) is 20.5. The van der Waals surface area contributed by atoms with Crippen molar-refractivity contribution in [3.63, 3.8) is 0 Å². The third-order valence-electron chi connectivity index (χ3n) is 6.00. The second kappa shape index (κ2) is 7.92. The molecule has 0 radical (unpaired) electrons. The first-order chi connectivity index (χ1) is 13.6. The molecule has 1 N–H and O–H groups in total. The molecule has 2 atom stereocenters. The van der Waals surface area contributed by atoms with Crippen LogP contribution in [0.4, 0.5) is 0 Å². The predicted octanol–water partition coefficient (Wildman–Crippen LogP) is 4.37. The molecule has 1 aromatic carbocycles. The molecule has 1 saturated carbocycles. The van der Waals surface area contributed by atoms with E-state index < -0.39 is 5.63 Å². The summed E-state index contributed by atoms with van der Waals surface area (Å²) in [4.78, 5) is 25.8. The quantitative estimate of drug-likeness (QED) is 0.751. The molecule has 1 aromatic heterocycles. The molecule has 5 nitrogen and oxygen atoms in total. The van der Waals surface area contributed by atoms with Gasteiger partial charge in [0, 0.05) is 32.0 Å². The Kier molecular flexibility index (Phi) is 5.36. The molecule has 1 heterocycles. The van der Waals surface area contributed by atoms with Gasteiger partial charge in [-0.05, 0) is 43.6 Å². The molecule has 1 fully saturated rings. The minimum atomic E-state index is -0.519. The number of rotatable bonds is 6. The van der Waals surface area contributed by atoms with Crippen LogP contribution in [0, 0.1) is 5.92 Å². The molecular formula is C23H26O5. The van der Waals surface area contributed by atoms with Crippen LogP contribution in [-0.2, 0) is 4.74 Å². The molecule has 2 unspecified atom stereocenters. The van der Waals surface area contributed by atoms with Gasteiger partial charge in [0.2, 0.25) is 0 Å². The molecule has 5 heteroatoms. The van der Waals surface area contributed by atoms with Gasteiger partial charge in [-0.3, -0.25) is 4.79 Å². The lowest BCUT2D eigenvalue weighted by Gasteiger charge is -2.21. The van der Waals surface area contributed by atoms with Gasteiger partial charge in [-0.2, -0.15) is 0 Å². The van der Waals surface area contributed by atoms with Crippen LogP contribution in [0.15, 0.2) is 39.5 Å². The molecule has 2 aliphatic rings. The van der Waals surface area contributed by atoms with Crippen molar-refractivity contribution in [2.75, 3.05) is 13.7 Å². The van der Waals surface area contributed by atoms with Gasteiger partial charge in [0.25, 0.3) is 0 Å². The number of hydrogen-bond donors (Lipinski definition) is 1. The first kappa shape index (κ1) is 18.9. The number of Topliss-reactive ketones (excluding diaryl/α,β-unsaturated/α-hetero) is 1. The highest BCUT2D eigenvalue weighted by Crippen LogP contribution is 2.49. The summed E-state index contributed by atoms with van der Waals surface area (Å²) in [5.74, 6) is -0.00412. The van der Waals surface area contributed by atoms with E-state index in [4.69, 9.17) is 9.15 Å². The molecule has 28 heavy (non-hydrogen) atoms. The van der Waals surface area contributed by atoms with Gasteiger partial charge in [0.1, 0.15) is 11.5 Å². The Bertz CT molecular complexity index is 911. The number of carbonyl (C=O) groups is 1. The Morgan fingerprint density at radius 3 is 2.61 bits per heavy atom. The number of fused-ring (bicyclic) bond motifs is 1. The van der Waals surface area contributed by atoms with E-state index in [1.165, 1.54) is 0 Å². The molecular weight excluding hydrogens is 356 g/mol. The molecule has 0 aliphatic heterocycles. The van der Waals surface area contributed by atoms with Gasteiger partial charge in [-0.1, -0.05) is 30.3 Å². The molecule has 2 aliphatic carbocycles. The Morgan fingerprint density at radius 2 is 1.93 bits per heavy atom. The lowest BCUT2D eigenvalue weighted by Crippen LogP contribution is -2.20. The first-order valence-electron chi connectivity index (χ1n) is 10.1. The van der Waals surface area contributed by atoms with Crippen LogP contribution in [0.5, 0.6) is 5.75 Å². The fourth-order valence-corrected chi connectivity index (χ4v) is 4.45. The van der Waals surface area contributed by atoms with Gasteiger partial charge in [0.15, 0.2) is 5.78 Å². The van der Waals surface area contributed by atoms with Crippen molar-refractivity contribution in [1.82, 2.24) is 0 Å². The largest absolute Gasteiger partial charge is 0.506 e. The van der Waals surface area contributed by atoms with E-state index in [1.54, 1.807) is 7.11 Å². The smallest absolute Gasteiger partial charge is 0.343 e. The standard InChI is InChI=1S/C23H26O5/c1-27-13-12-16-8-5-9-17(24)19-21(25)20(23(26)28-22(16)19)18(15-10-11-15)14-6-3-2-4-7-14/h2-4,6-7,15-16,18,25H,5,8-13H2,1H3. The van der Waals surface area contributed by atoms with Crippen molar-refractivity contribution >= 4 is 5.78 Å². The summed E-state index contributed by atoms with van der Waals surface area (Å²) in [6.45, 7) is 0.513. The summed E-state index contributed by atoms with van der Waals surface area (Å²) in [5.41, 5.74) is 0.918. The molecule has 0 saturated heterocycles. The average molecular weight is 382 g/mol. The fraction of sp³-hybridized carbons (Fsp3) is 0.478. The van der Waals surface area contributed by atoms with E-state index in [0.717, 1.165) is 24.8 Å². The minimum Gasteiger partial charge on any atom is -0.506 e. The number of benzene rings is 1. The monoisotopic (exact) mass is 382 g/mol. The second-order valence-corrected chi connectivity index (χ2v) is 7.91. The third kappa shape index (κ3) is 3.51. The highest BCUT2D eigenvalue weighted by molar-refractivity contribution is 6.00. The predicted molar refractivity (Wildman–Crippen MR) is 105 cm³/mol. The van der Waals surface area contributed by atoms with Crippen molar-refractivity contribution in [3.05, 3.63) is 63.2 Å². The second-order valence-electron chi connectivity index (χ2n) is 7.91. The highest BCUT2D eigenvalue weighted by atomic mass is 16.5. The lowest BCUT2D eigenvalue weighted by atomic mass is 9.85. The van der Waals surface area contributed by atoms with E-state index in [-0.39, 0.29) is 34.5 Å². The van der Waals surface area contributed by atoms with Crippen LogP contribution in [0.2, 0.25) is 0 Å². The van der Waals surface area contributed by atoms with Crippen LogP contribution in [0.1, 0.15) is 77.6 Å². The Balaban J connectivity index is 1.86. The number of ketones is 1. The van der Waals surface area contributed by atoms with Gasteiger partial charge >= 0.3 is 5.63 Å². The molecule has 0 bridgehead atoms. The van der Waals surface area contributed by atoms with Crippen LogP contribution >= 0.6 is 0 Å². The molecule has 0 amide bonds. The summed E-state index contributed by atoms with van der Waals surface area (Å²) >= 11 is 0. The number of carbonyl (C=O) groups excluding carboxylic acids is 1. The number of aromatic hydroxyl groups is 1. The van der Waals surface area contributed by atoms with E-state index >= 15 is 0 Å². The van der Waals surface area contributed by atoms with Crippen LogP contribution in [0.3, 0.4) is 0 Å². The van der Waals surface area contributed by atoms with Crippen molar-refractivity contribution < 1.29 is 19.1 Å². The third-order valence-corrected chi connectivity index (χ3v) is 6.00. The molecule has 2 aromatic rings. The zero-order valence-electron chi connectivity index (χ0n) is 16.1. The zero-order valence-corrected chi connectivity index (χ0v) is 16.1. The zero-order chi connectivity index (χ0) is 19.7. The van der Waals surface area contributed by atoms with Crippen molar-refractivity contribution in [2.24, 2.45) is 5.92 Å². The number of ether oxygens (including phenoxy) is 1. The van der Waals surface area contributed by atoms with Crippen LogP contribution < -0.4 is 5.63 Å². The maximum Gasteiger partial charge on any atom is 0.343 e. The van der Waals surface area contributed by atoms with E-state index in [2.05, 4.69) is 0 Å². The molecule has 0 spiro atoms. The topological polar surface area (TPSA) is 76.7 Å². The highest BCUT2D eigenvalue weighted by Gasteiger charge is 2.40.